The lowest BCUT2D eigenvalue weighted by molar-refractivity contribution is -0.137. The molecule has 0 saturated carbocycles. The zero-order valence-corrected chi connectivity index (χ0v) is 12.8. The first-order valence-electron chi connectivity index (χ1n) is 6.99. The Morgan fingerprint density at radius 3 is 2.67 bits per heavy atom. The summed E-state index contributed by atoms with van der Waals surface area (Å²) in [6.07, 6.45) is 5.40. The fourth-order valence-corrected chi connectivity index (χ4v) is 3.51. The van der Waals surface area contributed by atoms with Gasteiger partial charge in [0.1, 0.15) is 10.7 Å². The first-order chi connectivity index (χ1) is 9.88. The van der Waals surface area contributed by atoms with Crippen molar-refractivity contribution in [3.63, 3.8) is 0 Å². The third kappa shape index (κ3) is 4.17. The summed E-state index contributed by atoms with van der Waals surface area (Å²) in [6, 6.07) is 3.20. The number of hydrogen-bond acceptors (Lipinski definition) is 5. The highest BCUT2D eigenvalue weighted by atomic mass is 32.2. The number of carbonyl (C=O) groups is 1. The minimum atomic E-state index is -3.30. The van der Waals surface area contributed by atoms with E-state index in [1.807, 2.05) is 4.90 Å². The molecular weight excluding hydrogens is 292 g/mol. The molecule has 1 aliphatic heterocycles. The number of carboxylic acid groups (broad SMARTS) is 1. The summed E-state index contributed by atoms with van der Waals surface area (Å²) >= 11 is 0. The average molecular weight is 312 g/mol. The smallest absolute Gasteiger partial charge is 0.303 e. The van der Waals surface area contributed by atoms with Crippen LogP contribution in [0.15, 0.2) is 23.2 Å². The molecular formula is C14H20N2O4S. The van der Waals surface area contributed by atoms with Crippen LogP contribution in [0.25, 0.3) is 0 Å². The van der Waals surface area contributed by atoms with Gasteiger partial charge >= 0.3 is 5.97 Å². The van der Waals surface area contributed by atoms with Crippen LogP contribution in [0.3, 0.4) is 0 Å². The maximum Gasteiger partial charge on any atom is 0.303 e. The summed E-state index contributed by atoms with van der Waals surface area (Å²) < 4.78 is 23.6. The van der Waals surface area contributed by atoms with Crippen molar-refractivity contribution >= 4 is 21.6 Å². The molecule has 2 rings (SSSR count). The Balaban J connectivity index is 2.05. The molecule has 7 heteroatoms. The molecule has 1 aliphatic rings. The fraction of sp³-hybridized carbons (Fsp3) is 0.571. The van der Waals surface area contributed by atoms with Crippen LogP contribution < -0.4 is 4.90 Å². The monoisotopic (exact) mass is 312 g/mol. The Labute approximate surface area is 124 Å². The first-order valence-corrected chi connectivity index (χ1v) is 8.89. The number of piperidine rings is 1. The standard InChI is InChI=1S/C14H20N2O4S/c1-21(19,20)12-3-2-8-15-14(12)16-9-6-11(7-10-16)4-5-13(17)18/h2-3,8,11H,4-7,9-10H2,1H3,(H,17,18). The van der Waals surface area contributed by atoms with E-state index in [1.165, 1.54) is 6.26 Å². The zero-order chi connectivity index (χ0) is 15.5. The fourth-order valence-electron chi connectivity index (χ4n) is 2.67. The summed E-state index contributed by atoms with van der Waals surface area (Å²) in [5, 5.41) is 8.71. The van der Waals surface area contributed by atoms with E-state index in [1.54, 1.807) is 18.3 Å². The van der Waals surface area contributed by atoms with Gasteiger partial charge in [0.25, 0.3) is 0 Å². The molecule has 21 heavy (non-hydrogen) atoms. The van der Waals surface area contributed by atoms with E-state index in [9.17, 15) is 13.2 Å². The molecule has 1 aromatic rings. The molecule has 2 heterocycles. The van der Waals surface area contributed by atoms with Crippen molar-refractivity contribution < 1.29 is 18.3 Å². The van der Waals surface area contributed by atoms with Crippen LogP contribution in [0.2, 0.25) is 0 Å². The topological polar surface area (TPSA) is 87.6 Å². The molecule has 0 amide bonds. The van der Waals surface area contributed by atoms with Gasteiger partial charge in [0, 0.05) is 32.0 Å². The van der Waals surface area contributed by atoms with E-state index in [0.717, 1.165) is 12.8 Å². The lowest BCUT2D eigenvalue weighted by atomic mass is 9.92. The number of aromatic nitrogens is 1. The van der Waals surface area contributed by atoms with Gasteiger partial charge in [-0.3, -0.25) is 4.79 Å². The van der Waals surface area contributed by atoms with E-state index in [2.05, 4.69) is 4.98 Å². The Hall–Kier alpha value is -1.63. The Kier molecular flexibility index (Phi) is 4.82. The second kappa shape index (κ2) is 6.43. The second-order valence-corrected chi connectivity index (χ2v) is 7.44. The summed E-state index contributed by atoms with van der Waals surface area (Å²) in [6.45, 7) is 1.42. The molecule has 0 spiro atoms. The number of nitrogens with zero attached hydrogens (tertiary/aromatic N) is 2. The average Bonchev–Trinajstić information content (AvgIpc) is 2.45. The summed E-state index contributed by atoms with van der Waals surface area (Å²) in [4.78, 5) is 17.1. The van der Waals surface area contributed by atoms with Gasteiger partial charge in [-0.15, -0.1) is 0 Å². The molecule has 0 unspecified atom stereocenters. The number of anilines is 1. The minimum Gasteiger partial charge on any atom is -0.481 e. The molecule has 1 saturated heterocycles. The van der Waals surface area contributed by atoms with Crippen molar-refractivity contribution in [2.75, 3.05) is 24.2 Å². The number of carboxylic acids is 1. The van der Waals surface area contributed by atoms with Crippen molar-refractivity contribution in [2.24, 2.45) is 5.92 Å². The SMILES string of the molecule is CS(=O)(=O)c1cccnc1N1CCC(CCC(=O)O)CC1. The Morgan fingerprint density at radius 1 is 1.43 bits per heavy atom. The third-order valence-electron chi connectivity index (χ3n) is 3.83. The van der Waals surface area contributed by atoms with Gasteiger partial charge in [-0.05, 0) is 37.3 Å². The van der Waals surface area contributed by atoms with Gasteiger partial charge in [0.15, 0.2) is 9.84 Å². The maximum absolute atomic E-state index is 11.8. The first kappa shape index (κ1) is 15.8. The molecule has 0 atom stereocenters. The van der Waals surface area contributed by atoms with Gasteiger partial charge < -0.3 is 10.0 Å². The lowest BCUT2D eigenvalue weighted by Gasteiger charge is -2.33. The summed E-state index contributed by atoms with van der Waals surface area (Å²) in [5.41, 5.74) is 0. The highest BCUT2D eigenvalue weighted by Gasteiger charge is 2.24. The third-order valence-corrected chi connectivity index (χ3v) is 4.95. The van der Waals surface area contributed by atoms with Crippen molar-refractivity contribution in [3.8, 4) is 0 Å². The van der Waals surface area contributed by atoms with Crippen LogP contribution in [0.5, 0.6) is 0 Å². The van der Waals surface area contributed by atoms with Crippen molar-refractivity contribution in [2.45, 2.75) is 30.6 Å². The molecule has 1 aromatic heterocycles. The van der Waals surface area contributed by atoms with E-state index >= 15 is 0 Å². The van der Waals surface area contributed by atoms with Crippen molar-refractivity contribution in [1.82, 2.24) is 4.98 Å². The lowest BCUT2D eigenvalue weighted by Crippen LogP contribution is -2.35. The van der Waals surface area contributed by atoms with Gasteiger partial charge in [0.2, 0.25) is 0 Å². The number of pyridine rings is 1. The van der Waals surface area contributed by atoms with Crippen LogP contribution in [0.4, 0.5) is 5.82 Å². The van der Waals surface area contributed by atoms with Crippen molar-refractivity contribution in [3.05, 3.63) is 18.3 Å². The number of sulfone groups is 1. The number of aliphatic carboxylic acids is 1. The van der Waals surface area contributed by atoms with Crippen LogP contribution in [-0.4, -0.2) is 43.8 Å². The molecule has 116 valence electrons. The zero-order valence-electron chi connectivity index (χ0n) is 12.0. The number of hydrogen-bond donors (Lipinski definition) is 1. The van der Waals surface area contributed by atoms with Crippen LogP contribution in [0.1, 0.15) is 25.7 Å². The van der Waals surface area contributed by atoms with E-state index in [-0.39, 0.29) is 11.3 Å². The molecule has 1 fully saturated rings. The van der Waals surface area contributed by atoms with E-state index in [0.29, 0.717) is 31.2 Å². The molecule has 1 N–H and O–H groups in total. The predicted octanol–water partition coefficient (Wildman–Crippen LogP) is 1.57. The van der Waals surface area contributed by atoms with Gasteiger partial charge in [0.05, 0.1) is 0 Å². The molecule has 0 aromatic carbocycles. The largest absolute Gasteiger partial charge is 0.481 e. The van der Waals surface area contributed by atoms with Gasteiger partial charge in [-0.25, -0.2) is 13.4 Å². The van der Waals surface area contributed by atoms with E-state index in [4.69, 9.17) is 5.11 Å². The van der Waals surface area contributed by atoms with E-state index < -0.39 is 15.8 Å². The van der Waals surface area contributed by atoms with Crippen molar-refractivity contribution in [1.29, 1.82) is 0 Å². The second-order valence-electron chi connectivity index (χ2n) is 5.46. The van der Waals surface area contributed by atoms with Crippen LogP contribution in [0, 0.1) is 5.92 Å². The van der Waals surface area contributed by atoms with Crippen LogP contribution >= 0.6 is 0 Å². The van der Waals surface area contributed by atoms with Gasteiger partial charge in [-0.2, -0.15) is 0 Å². The minimum absolute atomic E-state index is 0.197. The molecule has 0 aliphatic carbocycles. The Morgan fingerprint density at radius 2 is 2.10 bits per heavy atom. The van der Waals surface area contributed by atoms with Gasteiger partial charge in [-0.1, -0.05) is 0 Å². The van der Waals surface area contributed by atoms with Crippen LogP contribution in [-0.2, 0) is 14.6 Å². The highest BCUT2D eigenvalue weighted by molar-refractivity contribution is 7.90. The highest BCUT2D eigenvalue weighted by Crippen LogP contribution is 2.28. The maximum atomic E-state index is 11.8. The molecule has 6 nitrogen and oxygen atoms in total. The summed E-state index contributed by atoms with van der Waals surface area (Å²) in [7, 11) is -3.30. The Bertz CT molecular complexity index is 607. The predicted molar refractivity (Wildman–Crippen MR) is 79.2 cm³/mol. The normalized spacial score (nSPS) is 16.9. The number of rotatable bonds is 5. The quantitative estimate of drug-likeness (QED) is 0.888. The molecule has 0 radical (unpaired) electrons. The summed E-state index contributed by atoms with van der Waals surface area (Å²) in [5.74, 6) is 0.140. The molecule has 0 bridgehead atoms.